The number of carbonyl (C=O) groups is 1. The minimum absolute atomic E-state index is 0.0944. The third-order valence-corrected chi connectivity index (χ3v) is 5.14. The molecule has 0 spiro atoms. The van der Waals surface area contributed by atoms with Crippen molar-refractivity contribution in [3.05, 3.63) is 71.9 Å². The molecule has 1 fully saturated rings. The fraction of sp³-hybridized carbons (Fsp3) is 0.273. The average Bonchev–Trinajstić information content (AvgIpc) is 2.79. The van der Waals surface area contributed by atoms with Crippen LogP contribution in [0.5, 0.6) is 0 Å². The quantitative estimate of drug-likeness (QED) is 0.734. The molecule has 0 saturated carbocycles. The van der Waals surface area contributed by atoms with E-state index in [0.717, 1.165) is 29.9 Å². The molecule has 7 heteroatoms. The zero-order chi connectivity index (χ0) is 20.2. The molecule has 1 N–H and O–H groups in total. The Morgan fingerprint density at radius 2 is 2.00 bits per heavy atom. The van der Waals surface area contributed by atoms with Gasteiger partial charge in [-0.3, -0.25) is 9.78 Å². The van der Waals surface area contributed by atoms with Crippen molar-refractivity contribution < 1.29 is 9.18 Å². The topological polar surface area (TPSA) is 71.0 Å². The molecular formula is C22H22FN5O. The molecule has 1 amide bonds. The average molecular weight is 391 g/mol. The van der Waals surface area contributed by atoms with Crippen molar-refractivity contribution in [1.82, 2.24) is 19.9 Å². The highest BCUT2D eigenvalue weighted by atomic mass is 19.1. The van der Waals surface area contributed by atoms with E-state index in [1.165, 1.54) is 12.1 Å². The van der Waals surface area contributed by atoms with E-state index < -0.39 is 5.82 Å². The number of piperidine rings is 1. The third-order valence-electron chi connectivity index (χ3n) is 5.14. The second kappa shape index (κ2) is 8.34. The molecule has 0 radical (unpaired) electrons. The number of amides is 1. The first-order valence-electron chi connectivity index (χ1n) is 9.66. The van der Waals surface area contributed by atoms with Gasteiger partial charge in [0.2, 0.25) is 0 Å². The van der Waals surface area contributed by atoms with E-state index in [1.807, 2.05) is 25.2 Å². The normalized spacial score (nSPS) is 16.5. The molecule has 6 nitrogen and oxygen atoms in total. The van der Waals surface area contributed by atoms with Gasteiger partial charge in [0.05, 0.1) is 5.69 Å². The Labute approximate surface area is 168 Å². The van der Waals surface area contributed by atoms with Gasteiger partial charge in [-0.25, -0.2) is 14.4 Å². The Hall–Kier alpha value is -3.35. The lowest BCUT2D eigenvalue weighted by molar-refractivity contribution is 0.0705. The van der Waals surface area contributed by atoms with Crippen LogP contribution < -0.4 is 5.32 Å². The molecule has 1 saturated heterocycles. The lowest BCUT2D eigenvalue weighted by Gasteiger charge is -2.32. The molecule has 2 aromatic heterocycles. The van der Waals surface area contributed by atoms with Gasteiger partial charge in [-0.05, 0) is 43.2 Å². The Morgan fingerprint density at radius 1 is 1.17 bits per heavy atom. The Bertz CT molecular complexity index is 1010. The van der Waals surface area contributed by atoms with Gasteiger partial charge < -0.3 is 10.2 Å². The standard InChI is InChI=1S/C22H22FN5O/c1-24-20-13-19(26-21(27-20)15-7-9-25-10-8-15)17-5-3-11-28(14-17)22(29)16-4-2-6-18(23)12-16/h2,4,6-10,12-13,17H,3,5,11,14H2,1H3,(H,24,26,27). The van der Waals surface area contributed by atoms with E-state index in [4.69, 9.17) is 4.98 Å². The van der Waals surface area contributed by atoms with Crippen molar-refractivity contribution in [3.8, 4) is 11.4 Å². The minimum atomic E-state index is -0.402. The lowest BCUT2D eigenvalue weighted by atomic mass is 9.93. The highest BCUT2D eigenvalue weighted by Gasteiger charge is 2.27. The first kappa shape index (κ1) is 19.0. The number of nitrogens with one attached hydrogen (secondary N) is 1. The van der Waals surface area contributed by atoms with Gasteiger partial charge in [0.25, 0.3) is 5.91 Å². The van der Waals surface area contributed by atoms with Gasteiger partial charge in [-0.15, -0.1) is 0 Å². The predicted octanol–water partition coefficient (Wildman–Crippen LogP) is 3.74. The van der Waals surface area contributed by atoms with E-state index >= 15 is 0 Å². The van der Waals surface area contributed by atoms with Crippen LogP contribution in [-0.2, 0) is 0 Å². The van der Waals surface area contributed by atoms with Gasteiger partial charge in [-0.2, -0.15) is 0 Å². The molecule has 3 aromatic rings. The molecule has 1 aromatic carbocycles. The van der Waals surface area contributed by atoms with Crippen LogP contribution in [0.25, 0.3) is 11.4 Å². The summed E-state index contributed by atoms with van der Waals surface area (Å²) in [4.78, 5) is 28.0. The molecule has 0 bridgehead atoms. The Kier molecular flexibility index (Phi) is 5.46. The molecular weight excluding hydrogens is 369 g/mol. The molecule has 0 aliphatic carbocycles. The predicted molar refractivity (Wildman–Crippen MR) is 109 cm³/mol. The summed E-state index contributed by atoms with van der Waals surface area (Å²) in [5, 5.41) is 3.09. The van der Waals surface area contributed by atoms with Gasteiger partial charge in [0.15, 0.2) is 5.82 Å². The van der Waals surface area contributed by atoms with E-state index in [2.05, 4.69) is 15.3 Å². The van der Waals surface area contributed by atoms with Gasteiger partial charge in [-0.1, -0.05) is 6.07 Å². The number of nitrogens with zero attached hydrogens (tertiary/aromatic N) is 4. The molecule has 1 aliphatic heterocycles. The van der Waals surface area contributed by atoms with Crippen LogP contribution in [0.2, 0.25) is 0 Å². The first-order chi connectivity index (χ1) is 14.1. The largest absolute Gasteiger partial charge is 0.373 e. The first-order valence-corrected chi connectivity index (χ1v) is 9.66. The fourth-order valence-corrected chi connectivity index (χ4v) is 3.64. The molecule has 1 unspecified atom stereocenters. The van der Waals surface area contributed by atoms with Crippen molar-refractivity contribution in [2.45, 2.75) is 18.8 Å². The second-order valence-corrected chi connectivity index (χ2v) is 7.09. The molecule has 3 heterocycles. The van der Waals surface area contributed by atoms with Crippen LogP contribution >= 0.6 is 0 Å². The summed E-state index contributed by atoms with van der Waals surface area (Å²) in [6.45, 7) is 1.21. The van der Waals surface area contributed by atoms with Crippen molar-refractivity contribution >= 4 is 11.7 Å². The molecule has 148 valence electrons. The summed E-state index contributed by atoms with van der Waals surface area (Å²) in [6.07, 6.45) is 5.23. The number of benzene rings is 1. The maximum atomic E-state index is 13.5. The van der Waals surface area contributed by atoms with Crippen LogP contribution in [0.15, 0.2) is 54.9 Å². The minimum Gasteiger partial charge on any atom is -0.373 e. The highest BCUT2D eigenvalue weighted by Crippen LogP contribution is 2.29. The van der Waals surface area contributed by atoms with E-state index in [-0.39, 0.29) is 11.8 Å². The van der Waals surface area contributed by atoms with Crippen molar-refractivity contribution in [2.24, 2.45) is 0 Å². The maximum Gasteiger partial charge on any atom is 0.253 e. The summed E-state index contributed by atoms with van der Waals surface area (Å²) < 4.78 is 13.5. The van der Waals surface area contributed by atoms with Gasteiger partial charge >= 0.3 is 0 Å². The van der Waals surface area contributed by atoms with E-state index in [1.54, 1.807) is 29.4 Å². The fourth-order valence-electron chi connectivity index (χ4n) is 3.64. The van der Waals surface area contributed by atoms with Crippen LogP contribution in [-0.4, -0.2) is 45.9 Å². The summed E-state index contributed by atoms with van der Waals surface area (Å²) >= 11 is 0. The zero-order valence-corrected chi connectivity index (χ0v) is 16.2. The summed E-state index contributed by atoms with van der Waals surface area (Å²) in [6, 6.07) is 11.5. The maximum absolute atomic E-state index is 13.5. The summed E-state index contributed by atoms with van der Waals surface area (Å²) in [5.41, 5.74) is 2.16. The monoisotopic (exact) mass is 391 g/mol. The zero-order valence-electron chi connectivity index (χ0n) is 16.2. The number of rotatable bonds is 4. The molecule has 1 atom stereocenters. The van der Waals surface area contributed by atoms with Crippen molar-refractivity contribution in [1.29, 1.82) is 0 Å². The molecule has 4 rings (SSSR count). The summed E-state index contributed by atoms with van der Waals surface area (Å²) in [7, 11) is 1.82. The number of hydrogen-bond donors (Lipinski definition) is 1. The van der Waals surface area contributed by atoms with E-state index in [0.29, 0.717) is 24.5 Å². The number of likely N-dealkylation sites (tertiary alicyclic amines) is 1. The van der Waals surface area contributed by atoms with E-state index in [9.17, 15) is 9.18 Å². The number of aromatic nitrogens is 3. The van der Waals surface area contributed by atoms with Crippen LogP contribution in [0.4, 0.5) is 10.2 Å². The SMILES string of the molecule is CNc1cc(C2CCCN(C(=O)c3cccc(F)c3)C2)nc(-c2ccncc2)n1. The summed E-state index contributed by atoms with van der Waals surface area (Å²) in [5.74, 6) is 0.905. The van der Waals surface area contributed by atoms with Gasteiger partial charge in [0.1, 0.15) is 11.6 Å². The number of carbonyl (C=O) groups excluding carboxylic acids is 1. The van der Waals surface area contributed by atoms with Crippen LogP contribution in [0.1, 0.15) is 34.8 Å². The molecule has 29 heavy (non-hydrogen) atoms. The van der Waals surface area contributed by atoms with Gasteiger partial charge in [0, 0.05) is 55.6 Å². The number of halogens is 1. The highest BCUT2D eigenvalue weighted by molar-refractivity contribution is 5.94. The van der Waals surface area contributed by atoms with Crippen LogP contribution in [0, 0.1) is 5.82 Å². The van der Waals surface area contributed by atoms with Crippen LogP contribution in [0.3, 0.4) is 0 Å². The van der Waals surface area contributed by atoms with Crippen molar-refractivity contribution in [2.75, 3.05) is 25.5 Å². The molecule has 1 aliphatic rings. The Morgan fingerprint density at radius 3 is 2.76 bits per heavy atom. The lowest BCUT2D eigenvalue weighted by Crippen LogP contribution is -2.39. The Balaban J connectivity index is 1.60. The smallest absolute Gasteiger partial charge is 0.253 e. The van der Waals surface area contributed by atoms with Crippen molar-refractivity contribution in [3.63, 3.8) is 0 Å². The number of anilines is 1. The third kappa shape index (κ3) is 4.23. The number of hydrogen-bond acceptors (Lipinski definition) is 5. The second-order valence-electron chi connectivity index (χ2n) is 7.09. The number of pyridine rings is 1.